The molecule has 2 aromatic rings. The number of carbonyl (C=O) groups is 3. The average molecular weight is 458 g/mol. The summed E-state index contributed by atoms with van der Waals surface area (Å²) in [4.78, 5) is 35.5. The first-order valence-electron chi connectivity index (χ1n) is 10.3. The fourth-order valence-electron chi connectivity index (χ4n) is 2.46. The molecule has 10 heteroatoms. The van der Waals surface area contributed by atoms with Gasteiger partial charge < -0.3 is 20.1 Å². The van der Waals surface area contributed by atoms with Gasteiger partial charge in [0, 0.05) is 12.2 Å². The lowest BCUT2D eigenvalue weighted by Gasteiger charge is -2.12. The monoisotopic (exact) mass is 458 g/mol. The molecular formula is C23H27FN4O5. The van der Waals surface area contributed by atoms with E-state index in [0.717, 1.165) is 0 Å². The number of rotatable bonds is 10. The van der Waals surface area contributed by atoms with E-state index in [2.05, 4.69) is 21.2 Å². The molecule has 0 heterocycles. The van der Waals surface area contributed by atoms with Gasteiger partial charge in [-0.05, 0) is 60.9 Å². The summed E-state index contributed by atoms with van der Waals surface area (Å²) in [5, 5.41) is 8.87. The highest BCUT2D eigenvalue weighted by Gasteiger charge is 2.13. The van der Waals surface area contributed by atoms with Crippen molar-refractivity contribution in [1.82, 2.24) is 10.7 Å². The van der Waals surface area contributed by atoms with Gasteiger partial charge in [0.25, 0.3) is 5.91 Å². The normalized spacial score (nSPS) is 10.7. The van der Waals surface area contributed by atoms with Crippen LogP contribution in [-0.4, -0.2) is 43.7 Å². The number of nitrogens with zero attached hydrogens (tertiary/aromatic N) is 1. The summed E-state index contributed by atoms with van der Waals surface area (Å²) in [6.45, 7) is 6.08. The van der Waals surface area contributed by atoms with Gasteiger partial charge in [-0.1, -0.05) is 13.8 Å². The minimum Gasteiger partial charge on any atom is -0.490 e. The lowest BCUT2D eigenvalue weighted by Crippen LogP contribution is -2.39. The van der Waals surface area contributed by atoms with Crippen LogP contribution in [0.15, 0.2) is 47.6 Å². The topological polar surface area (TPSA) is 118 Å². The molecule has 0 atom stereocenters. The Balaban J connectivity index is 1.93. The first-order chi connectivity index (χ1) is 15.8. The molecule has 0 fully saturated rings. The summed E-state index contributed by atoms with van der Waals surface area (Å²) in [7, 11) is 0. The molecule has 9 nitrogen and oxygen atoms in total. The SMILES string of the molecule is CCOc1cc(/C=N\NC(=O)C(=O)NCC(C)C)ccc1OCC(=O)Nc1ccc(F)cc1. The number of carbonyl (C=O) groups excluding carboxylic acids is 3. The van der Waals surface area contributed by atoms with Crippen molar-refractivity contribution in [2.75, 3.05) is 25.1 Å². The molecule has 2 rings (SSSR count). The third-order valence-corrected chi connectivity index (χ3v) is 4.01. The Kier molecular flexibility index (Phi) is 9.81. The van der Waals surface area contributed by atoms with Crippen LogP contribution in [0.25, 0.3) is 0 Å². The van der Waals surface area contributed by atoms with Crippen LogP contribution in [0, 0.1) is 11.7 Å². The lowest BCUT2D eigenvalue weighted by atomic mass is 10.2. The quantitative estimate of drug-likeness (QED) is 0.287. The predicted molar refractivity (Wildman–Crippen MR) is 122 cm³/mol. The van der Waals surface area contributed by atoms with Gasteiger partial charge in [0.1, 0.15) is 5.82 Å². The van der Waals surface area contributed by atoms with Crippen molar-refractivity contribution in [3.8, 4) is 11.5 Å². The van der Waals surface area contributed by atoms with Crippen LogP contribution in [-0.2, 0) is 14.4 Å². The molecule has 176 valence electrons. The van der Waals surface area contributed by atoms with Crippen LogP contribution < -0.4 is 25.5 Å². The molecule has 0 aliphatic heterocycles. The number of nitrogens with one attached hydrogen (secondary N) is 3. The van der Waals surface area contributed by atoms with Crippen molar-refractivity contribution < 1.29 is 28.2 Å². The Hall–Kier alpha value is -3.95. The van der Waals surface area contributed by atoms with Crippen LogP contribution in [0.5, 0.6) is 11.5 Å². The standard InChI is InChI=1S/C23H27FN4O5/c1-4-32-20-11-16(13-26-28-23(31)22(30)25-12-15(2)3)5-10-19(20)33-14-21(29)27-18-8-6-17(24)7-9-18/h5-11,13,15H,4,12,14H2,1-3H3,(H,25,30)(H,27,29)(H,28,31)/b26-13-. The number of amides is 3. The highest BCUT2D eigenvalue weighted by molar-refractivity contribution is 6.35. The molecular weight excluding hydrogens is 431 g/mol. The van der Waals surface area contributed by atoms with Crippen molar-refractivity contribution in [3.63, 3.8) is 0 Å². The number of anilines is 1. The van der Waals surface area contributed by atoms with Crippen molar-refractivity contribution in [2.24, 2.45) is 11.0 Å². The van der Waals surface area contributed by atoms with Gasteiger partial charge >= 0.3 is 11.8 Å². The fourth-order valence-corrected chi connectivity index (χ4v) is 2.46. The molecule has 0 radical (unpaired) electrons. The molecule has 0 aliphatic rings. The third-order valence-electron chi connectivity index (χ3n) is 4.01. The summed E-state index contributed by atoms with van der Waals surface area (Å²) in [6.07, 6.45) is 1.35. The second kappa shape index (κ2) is 12.8. The number of ether oxygens (including phenoxy) is 2. The Labute approximate surface area is 191 Å². The van der Waals surface area contributed by atoms with Gasteiger partial charge in [-0.15, -0.1) is 0 Å². The van der Waals surface area contributed by atoms with Gasteiger partial charge in [0.05, 0.1) is 12.8 Å². The Morgan fingerprint density at radius 1 is 1.03 bits per heavy atom. The molecule has 3 N–H and O–H groups in total. The summed E-state index contributed by atoms with van der Waals surface area (Å²) in [5.41, 5.74) is 3.18. The molecule has 0 bridgehead atoms. The highest BCUT2D eigenvalue weighted by atomic mass is 19.1. The fraction of sp³-hybridized carbons (Fsp3) is 0.304. The number of hydrazone groups is 1. The molecule has 0 aromatic heterocycles. The molecule has 0 saturated carbocycles. The van der Waals surface area contributed by atoms with Gasteiger partial charge in [0.2, 0.25) is 0 Å². The number of halogens is 1. The van der Waals surface area contributed by atoms with E-state index in [0.29, 0.717) is 35.9 Å². The molecule has 2 aromatic carbocycles. The minimum atomic E-state index is -0.871. The molecule has 0 aliphatic carbocycles. The third kappa shape index (κ3) is 8.98. The summed E-state index contributed by atoms with van der Waals surface area (Å²) < 4.78 is 24.0. The maximum atomic E-state index is 13.0. The second-order valence-corrected chi connectivity index (χ2v) is 7.29. The molecule has 0 unspecified atom stereocenters. The average Bonchev–Trinajstić information content (AvgIpc) is 2.78. The van der Waals surface area contributed by atoms with E-state index in [1.54, 1.807) is 25.1 Å². The van der Waals surface area contributed by atoms with Gasteiger partial charge in [0.15, 0.2) is 18.1 Å². The van der Waals surface area contributed by atoms with E-state index in [9.17, 15) is 18.8 Å². The predicted octanol–water partition coefficient (Wildman–Crippen LogP) is 2.46. The lowest BCUT2D eigenvalue weighted by molar-refractivity contribution is -0.139. The number of hydrogen-bond acceptors (Lipinski definition) is 6. The molecule has 0 saturated heterocycles. The van der Waals surface area contributed by atoms with Crippen LogP contribution >= 0.6 is 0 Å². The van der Waals surface area contributed by atoms with Crippen molar-refractivity contribution in [2.45, 2.75) is 20.8 Å². The van der Waals surface area contributed by atoms with E-state index in [4.69, 9.17) is 9.47 Å². The van der Waals surface area contributed by atoms with E-state index in [1.165, 1.54) is 30.5 Å². The van der Waals surface area contributed by atoms with Crippen molar-refractivity contribution >= 4 is 29.6 Å². The largest absolute Gasteiger partial charge is 0.490 e. The zero-order valence-corrected chi connectivity index (χ0v) is 18.7. The van der Waals surface area contributed by atoms with Gasteiger partial charge in [-0.3, -0.25) is 14.4 Å². The first-order valence-corrected chi connectivity index (χ1v) is 10.3. The first kappa shape index (κ1) is 25.3. The van der Waals surface area contributed by atoms with Crippen LogP contribution in [0.1, 0.15) is 26.3 Å². The van der Waals surface area contributed by atoms with Crippen molar-refractivity contribution in [1.29, 1.82) is 0 Å². The Morgan fingerprint density at radius 3 is 2.42 bits per heavy atom. The molecule has 33 heavy (non-hydrogen) atoms. The summed E-state index contributed by atoms with van der Waals surface area (Å²) in [5.74, 6) is -1.53. The van der Waals surface area contributed by atoms with Crippen LogP contribution in [0.2, 0.25) is 0 Å². The van der Waals surface area contributed by atoms with Crippen molar-refractivity contribution in [3.05, 3.63) is 53.8 Å². The zero-order chi connectivity index (χ0) is 24.2. The van der Waals surface area contributed by atoms with Gasteiger partial charge in [-0.25, -0.2) is 9.82 Å². The maximum absolute atomic E-state index is 13.0. The van der Waals surface area contributed by atoms with Crippen LogP contribution in [0.4, 0.5) is 10.1 Å². The molecule has 0 spiro atoms. The Morgan fingerprint density at radius 2 is 1.76 bits per heavy atom. The van der Waals surface area contributed by atoms with E-state index >= 15 is 0 Å². The minimum absolute atomic E-state index is 0.219. The van der Waals surface area contributed by atoms with E-state index < -0.39 is 23.5 Å². The summed E-state index contributed by atoms with van der Waals surface area (Å²) in [6, 6.07) is 10.2. The Bertz CT molecular complexity index is 993. The number of benzene rings is 2. The van der Waals surface area contributed by atoms with Crippen LogP contribution in [0.3, 0.4) is 0 Å². The highest BCUT2D eigenvalue weighted by Crippen LogP contribution is 2.28. The summed E-state index contributed by atoms with van der Waals surface area (Å²) >= 11 is 0. The zero-order valence-electron chi connectivity index (χ0n) is 18.7. The van der Waals surface area contributed by atoms with E-state index in [1.807, 2.05) is 13.8 Å². The van der Waals surface area contributed by atoms with E-state index in [-0.39, 0.29) is 12.5 Å². The van der Waals surface area contributed by atoms with Gasteiger partial charge in [-0.2, -0.15) is 5.10 Å². The maximum Gasteiger partial charge on any atom is 0.329 e. The smallest absolute Gasteiger partial charge is 0.329 e. The molecule has 3 amide bonds. The number of hydrogen-bond donors (Lipinski definition) is 3. The second-order valence-electron chi connectivity index (χ2n) is 7.29.